The van der Waals surface area contributed by atoms with E-state index in [1.165, 1.54) is 0 Å². The highest BCUT2D eigenvalue weighted by molar-refractivity contribution is 6.36. The smallest absolute Gasteiger partial charge is 0.253 e. The normalized spacial score (nSPS) is 22.0. The number of pyridine rings is 1. The Bertz CT molecular complexity index is 1250. The van der Waals surface area contributed by atoms with E-state index in [2.05, 4.69) is 27.0 Å². The van der Waals surface area contributed by atoms with Crippen LogP contribution in [0.1, 0.15) is 59.8 Å². The Morgan fingerprint density at radius 2 is 1.82 bits per heavy atom. The molecule has 1 aliphatic carbocycles. The number of aromatic amines is 1. The molecule has 40 heavy (non-hydrogen) atoms. The third kappa shape index (κ3) is 6.48. The van der Waals surface area contributed by atoms with Crippen molar-refractivity contribution in [3.05, 3.63) is 56.0 Å². The van der Waals surface area contributed by atoms with Gasteiger partial charge in [0.15, 0.2) is 0 Å². The number of carbonyl (C=O) groups is 1. The third-order valence-electron chi connectivity index (χ3n) is 8.41. The van der Waals surface area contributed by atoms with Crippen molar-refractivity contribution in [1.82, 2.24) is 15.2 Å². The molecule has 1 aromatic carbocycles. The molecule has 218 valence electrons. The number of nitrogens with one attached hydrogen (secondary N) is 2. The Balaban J connectivity index is 1.37. The number of halogens is 1. The number of aryl methyl sites for hydroxylation is 2. The summed E-state index contributed by atoms with van der Waals surface area (Å²) in [5, 5.41) is 3.32. The van der Waals surface area contributed by atoms with Gasteiger partial charge in [-0.1, -0.05) is 11.6 Å². The monoisotopic (exact) mass is 572 g/mol. The third-order valence-corrected chi connectivity index (χ3v) is 8.80. The fourth-order valence-corrected chi connectivity index (χ4v) is 6.38. The van der Waals surface area contributed by atoms with Gasteiger partial charge in [-0.15, -0.1) is 0 Å². The molecule has 2 saturated heterocycles. The molecule has 1 amide bonds. The molecule has 2 N–H and O–H groups in total. The summed E-state index contributed by atoms with van der Waals surface area (Å²) in [6.45, 7) is 11.6. The van der Waals surface area contributed by atoms with Crippen molar-refractivity contribution >= 4 is 23.2 Å². The quantitative estimate of drug-likeness (QED) is 0.471. The molecular formula is C30H41ClN4O5. The number of hydrogen-bond acceptors (Lipinski definition) is 7. The van der Waals surface area contributed by atoms with Crippen molar-refractivity contribution in [3.8, 4) is 5.75 Å². The average Bonchev–Trinajstić information content (AvgIpc) is 2.92. The lowest BCUT2D eigenvalue weighted by molar-refractivity contribution is -0.0373. The fourth-order valence-electron chi connectivity index (χ4n) is 6.08. The first-order chi connectivity index (χ1) is 19.3. The van der Waals surface area contributed by atoms with Gasteiger partial charge >= 0.3 is 0 Å². The minimum atomic E-state index is -0.334. The van der Waals surface area contributed by atoms with Crippen LogP contribution in [-0.2, 0) is 16.0 Å². The number of ether oxygens (including phenoxy) is 3. The first-order valence-corrected chi connectivity index (χ1v) is 14.9. The lowest BCUT2D eigenvalue weighted by Gasteiger charge is -2.44. The van der Waals surface area contributed by atoms with Gasteiger partial charge in [0, 0.05) is 81.6 Å². The van der Waals surface area contributed by atoms with Crippen LogP contribution in [0.3, 0.4) is 0 Å². The summed E-state index contributed by atoms with van der Waals surface area (Å²) < 4.78 is 17.5. The molecule has 0 bridgehead atoms. The molecule has 5 rings (SSSR count). The Morgan fingerprint density at radius 1 is 1.12 bits per heavy atom. The number of benzene rings is 1. The summed E-state index contributed by atoms with van der Waals surface area (Å²) in [5.74, 6) is 0.309. The van der Waals surface area contributed by atoms with Crippen molar-refractivity contribution in [3.63, 3.8) is 0 Å². The molecule has 3 aliphatic rings. The van der Waals surface area contributed by atoms with E-state index >= 15 is 0 Å². The minimum absolute atomic E-state index is 0.0877. The molecule has 1 aromatic heterocycles. The summed E-state index contributed by atoms with van der Waals surface area (Å²) in [6.07, 6.45) is 3.79. The summed E-state index contributed by atoms with van der Waals surface area (Å²) in [7, 11) is 0. The van der Waals surface area contributed by atoms with Crippen LogP contribution >= 0.6 is 11.6 Å². The number of morpholine rings is 1. The summed E-state index contributed by atoms with van der Waals surface area (Å²) >= 11 is 6.97. The van der Waals surface area contributed by atoms with Crippen LogP contribution in [0, 0.1) is 13.8 Å². The molecule has 2 aromatic rings. The highest BCUT2D eigenvalue weighted by Crippen LogP contribution is 2.38. The van der Waals surface area contributed by atoms with Crippen molar-refractivity contribution in [2.75, 3.05) is 51.0 Å². The molecule has 0 radical (unpaired) electrons. The molecule has 1 saturated carbocycles. The Morgan fingerprint density at radius 3 is 2.50 bits per heavy atom. The highest BCUT2D eigenvalue weighted by atomic mass is 35.5. The number of anilines is 1. The van der Waals surface area contributed by atoms with Crippen LogP contribution in [-0.4, -0.2) is 80.0 Å². The molecule has 3 fully saturated rings. The van der Waals surface area contributed by atoms with Gasteiger partial charge in [0.1, 0.15) is 11.9 Å². The number of H-pyrrole nitrogens is 1. The second-order valence-electron chi connectivity index (χ2n) is 11.1. The number of carbonyl (C=O) groups excluding carboxylic acids is 1. The topological polar surface area (TPSA) is 96.1 Å². The maximum atomic E-state index is 13.5. The molecule has 2 aliphatic heterocycles. The Labute approximate surface area is 241 Å². The maximum Gasteiger partial charge on any atom is 0.253 e. The number of hydrogen-bond donors (Lipinski definition) is 2. The van der Waals surface area contributed by atoms with E-state index in [0.29, 0.717) is 41.2 Å². The molecule has 3 heterocycles. The summed E-state index contributed by atoms with van der Waals surface area (Å²) in [4.78, 5) is 33.6. The predicted molar refractivity (Wildman–Crippen MR) is 156 cm³/mol. The van der Waals surface area contributed by atoms with Crippen LogP contribution in [0.5, 0.6) is 5.75 Å². The van der Waals surface area contributed by atoms with Crippen molar-refractivity contribution < 1.29 is 19.0 Å². The Kier molecular flexibility index (Phi) is 9.35. The van der Waals surface area contributed by atoms with Crippen LogP contribution in [0.2, 0.25) is 5.02 Å². The van der Waals surface area contributed by atoms with Crippen LogP contribution < -0.4 is 20.5 Å². The molecule has 10 heteroatoms. The second-order valence-corrected chi connectivity index (χ2v) is 11.5. The standard InChI is InChI=1S/C30H41ClN4O5/c1-4-35(21-5-9-38-10-6-21)27-17-24(40-23-14-22(15-23)34-7-11-39-12-8-34)16-25(28(27)31)29(36)32-18-26-19(2)13-20(3)33-30(26)37/h13,16-17,21-23H,4-12,14-15,18H2,1-3H3,(H,32,36)(H,33,37)/t22-,23+. The van der Waals surface area contributed by atoms with Crippen molar-refractivity contribution in [2.45, 2.75) is 71.2 Å². The van der Waals surface area contributed by atoms with E-state index in [1.54, 1.807) is 6.07 Å². The number of aromatic nitrogens is 1. The van der Waals surface area contributed by atoms with Crippen molar-refractivity contribution in [2.24, 2.45) is 0 Å². The lowest BCUT2D eigenvalue weighted by atomic mass is 9.87. The second kappa shape index (κ2) is 12.9. The summed E-state index contributed by atoms with van der Waals surface area (Å²) in [6, 6.07) is 6.40. The van der Waals surface area contributed by atoms with E-state index < -0.39 is 0 Å². The van der Waals surface area contributed by atoms with E-state index in [1.807, 2.05) is 26.0 Å². The van der Waals surface area contributed by atoms with Gasteiger partial charge in [0.25, 0.3) is 11.5 Å². The predicted octanol–water partition coefficient (Wildman–Crippen LogP) is 3.82. The van der Waals surface area contributed by atoms with E-state index in [9.17, 15) is 9.59 Å². The lowest BCUT2D eigenvalue weighted by Crippen LogP contribution is -2.52. The van der Waals surface area contributed by atoms with Gasteiger partial charge < -0.3 is 29.4 Å². The molecule has 9 nitrogen and oxygen atoms in total. The van der Waals surface area contributed by atoms with E-state index in [0.717, 1.165) is 75.5 Å². The molecule has 0 atom stereocenters. The molecular weight excluding hydrogens is 532 g/mol. The first kappa shape index (κ1) is 28.9. The minimum Gasteiger partial charge on any atom is -0.490 e. The van der Waals surface area contributed by atoms with Gasteiger partial charge in [-0.3, -0.25) is 14.5 Å². The number of rotatable bonds is 9. The van der Waals surface area contributed by atoms with Gasteiger partial charge in [-0.05, 0) is 51.3 Å². The van der Waals surface area contributed by atoms with E-state index in [4.69, 9.17) is 25.8 Å². The zero-order valence-corrected chi connectivity index (χ0v) is 24.5. The van der Waals surface area contributed by atoms with Crippen LogP contribution in [0.15, 0.2) is 23.0 Å². The largest absolute Gasteiger partial charge is 0.490 e. The van der Waals surface area contributed by atoms with Crippen molar-refractivity contribution in [1.29, 1.82) is 0 Å². The average molecular weight is 573 g/mol. The van der Waals surface area contributed by atoms with Crippen LogP contribution in [0.25, 0.3) is 0 Å². The summed E-state index contributed by atoms with van der Waals surface area (Å²) in [5.41, 5.74) is 3.11. The number of amides is 1. The van der Waals surface area contributed by atoms with Gasteiger partial charge in [-0.25, -0.2) is 0 Å². The highest BCUT2D eigenvalue weighted by Gasteiger charge is 2.36. The van der Waals surface area contributed by atoms with E-state index in [-0.39, 0.29) is 30.2 Å². The SMILES string of the molecule is CCN(c1cc(O[C@H]2C[C@@H](N3CCOCC3)C2)cc(C(=O)NCc2c(C)cc(C)[nH]c2=O)c1Cl)C1CCOCC1. The van der Waals surface area contributed by atoms with Crippen LogP contribution in [0.4, 0.5) is 5.69 Å². The fraction of sp³-hybridized carbons (Fsp3) is 0.600. The molecule has 0 spiro atoms. The number of nitrogens with zero attached hydrogens (tertiary/aromatic N) is 2. The van der Waals surface area contributed by atoms with Gasteiger partial charge in [0.2, 0.25) is 0 Å². The van der Waals surface area contributed by atoms with Gasteiger partial charge in [-0.2, -0.15) is 0 Å². The zero-order chi connectivity index (χ0) is 28.2. The molecule has 0 unspecified atom stereocenters. The zero-order valence-electron chi connectivity index (χ0n) is 23.8. The van der Waals surface area contributed by atoms with Gasteiger partial charge in [0.05, 0.1) is 29.5 Å². The first-order valence-electron chi connectivity index (χ1n) is 14.5. The maximum absolute atomic E-state index is 13.5. The Hall–Kier alpha value is -2.59.